The number of nitrogens with zero attached hydrogens (tertiary/aromatic N) is 2. The standard InChI is InChI=1S/C26H23ClN2O3S/c1-16(2)32-21-12-13-23-22(14-21)25(31)29(3)26(28-23)33-15-17-4-6-18(7-5-17)24(30)19-8-10-20(27)11-9-19/h4-14,16H,15H2,1-3H3. The molecule has 0 radical (unpaired) electrons. The fourth-order valence-corrected chi connectivity index (χ4v) is 4.43. The van der Waals surface area contributed by atoms with Gasteiger partial charge in [0.2, 0.25) is 0 Å². The molecule has 0 aliphatic carbocycles. The molecule has 3 aromatic carbocycles. The summed E-state index contributed by atoms with van der Waals surface area (Å²) >= 11 is 7.38. The molecule has 0 unspecified atom stereocenters. The number of carbonyl (C=O) groups is 1. The van der Waals surface area contributed by atoms with Crippen molar-refractivity contribution in [3.63, 3.8) is 0 Å². The van der Waals surface area contributed by atoms with Crippen LogP contribution in [0.15, 0.2) is 76.7 Å². The average Bonchev–Trinajstić information content (AvgIpc) is 2.81. The van der Waals surface area contributed by atoms with Gasteiger partial charge in [-0.3, -0.25) is 14.2 Å². The lowest BCUT2D eigenvalue weighted by atomic mass is 10.0. The molecule has 0 saturated carbocycles. The first kappa shape index (κ1) is 23.1. The SMILES string of the molecule is CC(C)Oc1ccc2nc(SCc3ccc(C(=O)c4ccc(Cl)cc4)cc3)n(C)c(=O)c2c1. The molecule has 4 rings (SSSR count). The minimum absolute atomic E-state index is 0.0296. The van der Waals surface area contributed by atoms with Crippen molar-refractivity contribution >= 4 is 40.0 Å². The van der Waals surface area contributed by atoms with Gasteiger partial charge in [-0.1, -0.05) is 47.6 Å². The molecular weight excluding hydrogens is 456 g/mol. The van der Waals surface area contributed by atoms with E-state index in [0.29, 0.717) is 43.7 Å². The van der Waals surface area contributed by atoms with Crippen LogP contribution in [0, 0.1) is 0 Å². The van der Waals surface area contributed by atoms with Gasteiger partial charge in [0.25, 0.3) is 5.56 Å². The average molecular weight is 479 g/mol. The number of ketones is 1. The summed E-state index contributed by atoms with van der Waals surface area (Å²) in [5.74, 6) is 1.23. The molecule has 1 heterocycles. The molecule has 0 saturated heterocycles. The molecule has 0 amide bonds. The van der Waals surface area contributed by atoms with E-state index >= 15 is 0 Å². The van der Waals surface area contributed by atoms with Crippen molar-refractivity contribution < 1.29 is 9.53 Å². The van der Waals surface area contributed by atoms with E-state index in [1.165, 1.54) is 11.8 Å². The van der Waals surface area contributed by atoms with E-state index in [1.54, 1.807) is 41.9 Å². The second kappa shape index (κ2) is 9.81. The van der Waals surface area contributed by atoms with Crippen LogP contribution in [0.5, 0.6) is 5.75 Å². The summed E-state index contributed by atoms with van der Waals surface area (Å²) in [6.45, 7) is 3.89. The van der Waals surface area contributed by atoms with E-state index in [0.717, 1.165) is 5.56 Å². The Morgan fingerprint density at radius 2 is 1.67 bits per heavy atom. The molecule has 0 N–H and O–H groups in total. The third-order valence-corrected chi connectivity index (χ3v) is 6.42. The van der Waals surface area contributed by atoms with E-state index in [2.05, 4.69) is 4.98 Å². The van der Waals surface area contributed by atoms with Crippen LogP contribution >= 0.6 is 23.4 Å². The third kappa shape index (κ3) is 5.29. The first-order chi connectivity index (χ1) is 15.8. The van der Waals surface area contributed by atoms with Crippen LogP contribution in [0.1, 0.15) is 35.3 Å². The zero-order chi connectivity index (χ0) is 23.5. The second-order valence-corrected chi connectivity index (χ2v) is 9.30. The molecule has 0 aliphatic heterocycles. The van der Waals surface area contributed by atoms with Crippen molar-refractivity contribution in [1.82, 2.24) is 9.55 Å². The van der Waals surface area contributed by atoms with Crippen molar-refractivity contribution in [2.75, 3.05) is 0 Å². The van der Waals surface area contributed by atoms with Crippen LogP contribution in [-0.2, 0) is 12.8 Å². The summed E-state index contributed by atoms with van der Waals surface area (Å²) in [4.78, 5) is 30.2. The van der Waals surface area contributed by atoms with Crippen LogP contribution in [0.25, 0.3) is 10.9 Å². The maximum Gasteiger partial charge on any atom is 0.261 e. The Labute approximate surface area is 201 Å². The van der Waals surface area contributed by atoms with Gasteiger partial charge in [-0.2, -0.15) is 0 Å². The van der Waals surface area contributed by atoms with E-state index in [-0.39, 0.29) is 17.4 Å². The number of benzene rings is 3. The Balaban J connectivity index is 1.50. The van der Waals surface area contributed by atoms with Gasteiger partial charge in [-0.15, -0.1) is 0 Å². The highest BCUT2D eigenvalue weighted by Gasteiger charge is 2.12. The summed E-state index contributed by atoms with van der Waals surface area (Å²) in [5.41, 5.74) is 2.77. The van der Waals surface area contributed by atoms with E-state index in [9.17, 15) is 9.59 Å². The Morgan fingerprint density at radius 3 is 2.30 bits per heavy atom. The van der Waals surface area contributed by atoms with Gasteiger partial charge in [0.1, 0.15) is 5.75 Å². The number of halogens is 1. The number of hydrogen-bond donors (Lipinski definition) is 0. The lowest BCUT2D eigenvalue weighted by molar-refractivity contribution is 0.103. The van der Waals surface area contributed by atoms with Crippen LogP contribution in [0.2, 0.25) is 5.02 Å². The summed E-state index contributed by atoms with van der Waals surface area (Å²) < 4.78 is 7.26. The van der Waals surface area contributed by atoms with Gasteiger partial charge in [0.15, 0.2) is 10.9 Å². The Hall–Kier alpha value is -3.09. The minimum Gasteiger partial charge on any atom is -0.491 e. The molecule has 0 atom stereocenters. The zero-order valence-electron chi connectivity index (χ0n) is 18.5. The first-order valence-corrected chi connectivity index (χ1v) is 11.9. The highest BCUT2D eigenvalue weighted by atomic mass is 35.5. The Bertz CT molecular complexity index is 1360. The van der Waals surface area contributed by atoms with Gasteiger partial charge in [0.05, 0.1) is 17.0 Å². The highest BCUT2D eigenvalue weighted by Crippen LogP contribution is 2.24. The molecule has 7 heteroatoms. The first-order valence-electron chi connectivity index (χ1n) is 10.5. The van der Waals surface area contributed by atoms with Crippen molar-refractivity contribution in [1.29, 1.82) is 0 Å². The molecule has 4 aromatic rings. The topological polar surface area (TPSA) is 61.2 Å². The largest absolute Gasteiger partial charge is 0.491 e. The van der Waals surface area contributed by atoms with E-state index in [4.69, 9.17) is 16.3 Å². The maximum absolute atomic E-state index is 12.9. The minimum atomic E-state index is -0.111. The van der Waals surface area contributed by atoms with Gasteiger partial charge in [0, 0.05) is 29.0 Å². The number of hydrogen-bond acceptors (Lipinski definition) is 5. The van der Waals surface area contributed by atoms with Crippen molar-refractivity contribution in [2.24, 2.45) is 7.05 Å². The van der Waals surface area contributed by atoms with Crippen molar-refractivity contribution in [3.05, 3.63) is 98.8 Å². The summed E-state index contributed by atoms with van der Waals surface area (Å²) in [7, 11) is 1.72. The van der Waals surface area contributed by atoms with Crippen LogP contribution < -0.4 is 10.3 Å². The fraction of sp³-hybridized carbons (Fsp3) is 0.192. The van der Waals surface area contributed by atoms with Gasteiger partial charge in [-0.25, -0.2) is 4.98 Å². The van der Waals surface area contributed by atoms with E-state index in [1.807, 2.05) is 50.2 Å². The monoisotopic (exact) mass is 478 g/mol. The Kier molecular flexibility index (Phi) is 6.86. The smallest absolute Gasteiger partial charge is 0.261 e. The van der Waals surface area contributed by atoms with Crippen LogP contribution in [-0.4, -0.2) is 21.4 Å². The van der Waals surface area contributed by atoms with E-state index < -0.39 is 0 Å². The van der Waals surface area contributed by atoms with Gasteiger partial charge in [-0.05, 0) is 61.9 Å². The van der Waals surface area contributed by atoms with Gasteiger partial charge >= 0.3 is 0 Å². The van der Waals surface area contributed by atoms with Gasteiger partial charge < -0.3 is 4.74 Å². The second-order valence-electron chi connectivity index (χ2n) is 7.93. The molecule has 0 bridgehead atoms. The predicted octanol–water partition coefficient (Wildman–Crippen LogP) is 5.90. The molecule has 0 aliphatic rings. The summed E-state index contributed by atoms with van der Waals surface area (Å²) in [6.07, 6.45) is 0.0296. The van der Waals surface area contributed by atoms with Crippen molar-refractivity contribution in [3.8, 4) is 5.75 Å². The number of ether oxygens (including phenoxy) is 1. The normalized spacial score (nSPS) is 11.2. The zero-order valence-corrected chi connectivity index (χ0v) is 20.1. The number of carbonyl (C=O) groups excluding carboxylic acids is 1. The lowest BCUT2D eigenvalue weighted by Gasteiger charge is -2.12. The fourth-order valence-electron chi connectivity index (χ4n) is 3.37. The highest BCUT2D eigenvalue weighted by molar-refractivity contribution is 7.98. The summed E-state index contributed by atoms with van der Waals surface area (Å²) in [5, 5.41) is 1.76. The number of rotatable bonds is 7. The lowest BCUT2D eigenvalue weighted by Crippen LogP contribution is -2.20. The molecule has 1 aromatic heterocycles. The predicted molar refractivity (Wildman–Crippen MR) is 134 cm³/mol. The molecule has 33 heavy (non-hydrogen) atoms. The molecule has 0 fully saturated rings. The molecule has 5 nitrogen and oxygen atoms in total. The third-order valence-electron chi connectivity index (χ3n) is 5.07. The molecule has 168 valence electrons. The van der Waals surface area contributed by atoms with Crippen LogP contribution in [0.3, 0.4) is 0 Å². The number of aromatic nitrogens is 2. The Morgan fingerprint density at radius 1 is 1.03 bits per heavy atom. The number of fused-ring (bicyclic) bond motifs is 1. The number of thioether (sulfide) groups is 1. The van der Waals surface area contributed by atoms with Crippen LogP contribution in [0.4, 0.5) is 0 Å². The summed E-state index contributed by atoms with van der Waals surface area (Å²) in [6, 6.07) is 19.7. The quantitative estimate of drug-likeness (QED) is 0.188. The molecule has 0 spiro atoms. The molecular formula is C26H23ClN2O3S. The maximum atomic E-state index is 12.9. The van der Waals surface area contributed by atoms with Crippen molar-refractivity contribution in [2.45, 2.75) is 30.9 Å².